The zero-order chi connectivity index (χ0) is 19.5. The molecule has 0 aliphatic carbocycles. The van der Waals surface area contributed by atoms with E-state index in [9.17, 15) is 26.8 Å². The van der Waals surface area contributed by atoms with Crippen LogP contribution in [0, 0.1) is 18.6 Å². The number of carbonyl (C=O) groups is 2. The molecule has 2 aromatic rings. The van der Waals surface area contributed by atoms with E-state index in [-0.39, 0.29) is 16.1 Å². The maximum Gasteiger partial charge on any atom is 0.338 e. The van der Waals surface area contributed by atoms with Crippen LogP contribution in [0.15, 0.2) is 41.3 Å². The molecular weight excluding hydrogens is 368 g/mol. The van der Waals surface area contributed by atoms with Gasteiger partial charge in [0.15, 0.2) is 16.4 Å². The lowest BCUT2D eigenvalue weighted by atomic mass is 10.1. The van der Waals surface area contributed by atoms with Gasteiger partial charge in [0, 0.05) is 12.3 Å². The molecule has 0 saturated carbocycles. The summed E-state index contributed by atoms with van der Waals surface area (Å²) in [7, 11) is -3.52. The summed E-state index contributed by atoms with van der Waals surface area (Å²) in [6.07, 6.45) is 0.994. The third kappa shape index (κ3) is 4.85. The van der Waals surface area contributed by atoms with E-state index >= 15 is 0 Å². The fourth-order valence-electron chi connectivity index (χ4n) is 2.04. The van der Waals surface area contributed by atoms with Crippen LogP contribution < -0.4 is 5.32 Å². The number of halogens is 2. The topological polar surface area (TPSA) is 89.5 Å². The number of hydrogen-bond acceptors (Lipinski definition) is 5. The Morgan fingerprint density at radius 3 is 2.46 bits per heavy atom. The zero-order valence-corrected chi connectivity index (χ0v) is 14.7. The second kappa shape index (κ2) is 7.61. The molecule has 26 heavy (non-hydrogen) atoms. The molecule has 0 atom stereocenters. The first-order valence-corrected chi connectivity index (χ1v) is 9.20. The summed E-state index contributed by atoms with van der Waals surface area (Å²) >= 11 is 0. The normalized spacial score (nSPS) is 11.1. The van der Waals surface area contributed by atoms with Gasteiger partial charge in [-0.1, -0.05) is 6.07 Å². The highest BCUT2D eigenvalue weighted by Crippen LogP contribution is 2.17. The Morgan fingerprint density at radius 2 is 1.81 bits per heavy atom. The molecule has 0 bridgehead atoms. The van der Waals surface area contributed by atoms with Crippen LogP contribution >= 0.6 is 0 Å². The Bertz CT molecular complexity index is 973. The van der Waals surface area contributed by atoms with Crippen LogP contribution in [0.4, 0.5) is 14.5 Å². The Labute approximate surface area is 148 Å². The molecule has 0 spiro atoms. The van der Waals surface area contributed by atoms with Crippen molar-refractivity contribution in [2.75, 3.05) is 18.2 Å². The number of rotatable bonds is 5. The van der Waals surface area contributed by atoms with Crippen molar-refractivity contribution in [3.63, 3.8) is 0 Å². The molecule has 9 heteroatoms. The number of benzene rings is 2. The summed E-state index contributed by atoms with van der Waals surface area (Å²) in [5.74, 6) is -3.38. The second-order valence-corrected chi connectivity index (χ2v) is 7.51. The first-order valence-electron chi connectivity index (χ1n) is 7.30. The highest BCUT2D eigenvalue weighted by molar-refractivity contribution is 7.90. The average Bonchev–Trinajstić information content (AvgIpc) is 2.55. The van der Waals surface area contributed by atoms with Crippen LogP contribution in [-0.4, -0.2) is 33.2 Å². The van der Waals surface area contributed by atoms with Gasteiger partial charge in [-0.2, -0.15) is 0 Å². The number of sulfone groups is 1. The van der Waals surface area contributed by atoms with E-state index in [4.69, 9.17) is 4.74 Å². The van der Waals surface area contributed by atoms with E-state index < -0.39 is 40.0 Å². The maximum absolute atomic E-state index is 13.5. The Hall–Kier alpha value is -2.81. The molecular formula is C17H15F2NO5S. The number of anilines is 1. The maximum atomic E-state index is 13.5. The standard InChI is InChI=1S/C17H15F2NO5S/c1-10-3-5-12(26(2,23)24)8-13(10)17(22)25-9-16(21)20-15-7-11(18)4-6-14(15)19/h3-8H,9H2,1-2H3,(H,20,21). The lowest BCUT2D eigenvalue weighted by Crippen LogP contribution is -2.22. The summed E-state index contributed by atoms with van der Waals surface area (Å²) in [4.78, 5) is 23.8. The van der Waals surface area contributed by atoms with Gasteiger partial charge in [0.1, 0.15) is 11.6 Å². The first kappa shape index (κ1) is 19.5. The predicted molar refractivity (Wildman–Crippen MR) is 89.6 cm³/mol. The SMILES string of the molecule is Cc1ccc(S(C)(=O)=O)cc1C(=O)OCC(=O)Nc1cc(F)ccc1F. The number of esters is 1. The molecule has 0 heterocycles. The summed E-state index contributed by atoms with van der Waals surface area (Å²) in [6, 6.07) is 6.46. The molecule has 0 saturated heterocycles. The molecule has 0 unspecified atom stereocenters. The van der Waals surface area contributed by atoms with E-state index in [1.54, 1.807) is 6.92 Å². The van der Waals surface area contributed by atoms with Crippen LogP contribution in [0.25, 0.3) is 0 Å². The van der Waals surface area contributed by atoms with E-state index in [1.807, 2.05) is 0 Å². The Kier molecular flexibility index (Phi) is 5.71. The molecule has 1 amide bonds. The lowest BCUT2D eigenvalue weighted by Gasteiger charge is -2.10. The minimum Gasteiger partial charge on any atom is -0.452 e. The number of nitrogens with one attached hydrogen (secondary N) is 1. The summed E-state index contributed by atoms with van der Waals surface area (Å²) in [5.41, 5.74) is 0.0537. The largest absolute Gasteiger partial charge is 0.452 e. The fraction of sp³-hybridized carbons (Fsp3) is 0.176. The van der Waals surface area contributed by atoms with Gasteiger partial charge in [0.25, 0.3) is 5.91 Å². The highest BCUT2D eigenvalue weighted by atomic mass is 32.2. The Balaban J connectivity index is 2.06. The molecule has 0 radical (unpaired) electrons. The molecule has 0 fully saturated rings. The number of hydrogen-bond donors (Lipinski definition) is 1. The van der Waals surface area contributed by atoms with Gasteiger partial charge in [-0.15, -0.1) is 0 Å². The zero-order valence-electron chi connectivity index (χ0n) is 13.9. The minimum atomic E-state index is -3.52. The quantitative estimate of drug-likeness (QED) is 0.801. The highest BCUT2D eigenvalue weighted by Gasteiger charge is 2.17. The van der Waals surface area contributed by atoms with Gasteiger partial charge in [0.05, 0.1) is 16.1 Å². The molecule has 2 rings (SSSR count). The third-order valence-electron chi connectivity index (χ3n) is 3.39. The van der Waals surface area contributed by atoms with Crippen molar-refractivity contribution < 1.29 is 31.5 Å². The number of amides is 1. The lowest BCUT2D eigenvalue weighted by molar-refractivity contribution is -0.119. The average molecular weight is 383 g/mol. The monoisotopic (exact) mass is 383 g/mol. The summed E-state index contributed by atoms with van der Waals surface area (Å²) < 4.78 is 54.5. The van der Waals surface area contributed by atoms with Crippen molar-refractivity contribution in [1.29, 1.82) is 0 Å². The van der Waals surface area contributed by atoms with Gasteiger partial charge in [0.2, 0.25) is 0 Å². The van der Waals surface area contributed by atoms with Crippen molar-refractivity contribution in [2.45, 2.75) is 11.8 Å². The van der Waals surface area contributed by atoms with Gasteiger partial charge in [-0.3, -0.25) is 4.79 Å². The summed E-state index contributed by atoms with van der Waals surface area (Å²) in [5, 5.41) is 2.08. The molecule has 0 aromatic heterocycles. The molecule has 6 nitrogen and oxygen atoms in total. The minimum absolute atomic E-state index is 0.0161. The molecule has 138 valence electrons. The second-order valence-electron chi connectivity index (χ2n) is 5.50. The van der Waals surface area contributed by atoms with Crippen LogP contribution in [-0.2, 0) is 19.4 Å². The molecule has 0 aliphatic rings. The Morgan fingerprint density at radius 1 is 1.12 bits per heavy atom. The fourth-order valence-corrected chi connectivity index (χ4v) is 2.69. The van der Waals surface area contributed by atoms with E-state index in [1.165, 1.54) is 12.1 Å². The number of carbonyl (C=O) groups excluding carboxylic acids is 2. The number of aryl methyl sites for hydroxylation is 1. The molecule has 2 aromatic carbocycles. The first-order chi connectivity index (χ1) is 12.1. The van der Waals surface area contributed by atoms with Gasteiger partial charge >= 0.3 is 5.97 Å². The van der Waals surface area contributed by atoms with Crippen molar-refractivity contribution in [2.24, 2.45) is 0 Å². The van der Waals surface area contributed by atoms with Crippen LogP contribution in [0.5, 0.6) is 0 Å². The van der Waals surface area contributed by atoms with Crippen molar-refractivity contribution >= 4 is 27.4 Å². The third-order valence-corrected chi connectivity index (χ3v) is 4.50. The van der Waals surface area contributed by atoms with Gasteiger partial charge in [-0.05, 0) is 36.8 Å². The predicted octanol–water partition coefficient (Wildman–Crippen LogP) is 2.47. The van der Waals surface area contributed by atoms with Gasteiger partial charge < -0.3 is 10.1 Å². The molecule has 0 aliphatic heterocycles. The molecule has 1 N–H and O–H groups in total. The van der Waals surface area contributed by atoms with Gasteiger partial charge in [-0.25, -0.2) is 22.0 Å². The van der Waals surface area contributed by atoms with Crippen LogP contribution in [0.2, 0.25) is 0 Å². The van der Waals surface area contributed by atoms with Crippen LogP contribution in [0.1, 0.15) is 15.9 Å². The van der Waals surface area contributed by atoms with Crippen LogP contribution in [0.3, 0.4) is 0 Å². The van der Waals surface area contributed by atoms with Crippen molar-refractivity contribution in [1.82, 2.24) is 0 Å². The summed E-state index contributed by atoms with van der Waals surface area (Å²) in [6.45, 7) is 0.822. The van der Waals surface area contributed by atoms with Crippen molar-refractivity contribution in [3.8, 4) is 0 Å². The van der Waals surface area contributed by atoms with Crippen molar-refractivity contribution in [3.05, 3.63) is 59.2 Å². The van der Waals surface area contributed by atoms with E-state index in [0.717, 1.165) is 30.5 Å². The smallest absolute Gasteiger partial charge is 0.338 e. The van der Waals surface area contributed by atoms with E-state index in [2.05, 4.69) is 5.32 Å². The van der Waals surface area contributed by atoms with E-state index in [0.29, 0.717) is 5.56 Å². The number of ether oxygens (including phenoxy) is 1.